The van der Waals surface area contributed by atoms with Crippen molar-refractivity contribution in [1.82, 2.24) is 9.13 Å². The second-order valence-corrected chi connectivity index (χ2v) is 8.79. The molecule has 7 rings (SSSR count). The number of benzene rings is 4. The minimum atomic E-state index is 0.130. The van der Waals surface area contributed by atoms with Crippen molar-refractivity contribution in [3.05, 3.63) is 115 Å². The zero-order chi connectivity index (χ0) is 22.5. The van der Waals surface area contributed by atoms with Gasteiger partial charge in [-0.2, -0.15) is 10.2 Å². The molecule has 2 aromatic heterocycles. The molecule has 0 aliphatic carbocycles. The van der Waals surface area contributed by atoms with Gasteiger partial charge in [-0.3, -0.25) is 0 Å². The molecule has 1 aliphatic heterocycles. The van der Waals surface area contributed by atoms with Gasteiger partial charge in [0.15, 0.2) is 0 Å². The first-order valence-corrected chi connectivity index (χ1v) is 11.6. The van der Waals surface area contributed by atoms with Crippen LogP contribution in [0.1, 0.15) is 18.0 Å². The van der Waals surface area contributed by atoms with Gasteiger partial charge < -0.3 is 9.13 Å². The molecule has 1 unspecified atom stereocenters. The molecule has 3 heterocycles. The molecule has 162 valence electrons. The van der Waals surface area contributed by atoms with Crippen LogP contribution in [-0.4, -0.2) is 21.1 Å². The van der Waals surface area contributed by atoms with Gasteiger partial charge in [-0.05, 0) is 42.0 Å². The van der Waals surface area contributed by atoms with Crippen molar-refractivity contribution < 1.29 is 0 Å². The van der Waals surface area contributed by atoms with E-state index < -0.39 is 0 Å². The molecule has 6 aromatic rings. The first kappa shape index (κ1) is 19.1. The fourth-order valence-corrected chi connectivity index (χ4v) is 5.21. The SMILES string of the molecule is C1=NN=C(c2ccccc2)CC1n1ccc2cc3c(cc21)c1ccccc1n3-c1ccccc1. The molecule has 0 bridgehead atoms. The zero-order valence-corrected chi connectivity index (χ0v) is 18.5. The van der Waals surface area contributed by atoms with E-state index >= 15 is 0 Å². The highest BCUT2D eigenvalue weighted by molar-refractivity contribution is 6.13. The summed E-state index contributed by atoms with van der Waals surface area (Å²) in [6.45, 7) is 0. The van der Waals surface area contributed by atoms with Gasteiger partial charge in [0.1, 0.15) is 0 Å². The monoisotopic (exact) mass is 438 g/mol. The average Bonchev–Trinajstić information content (AvgIpc) is 3.47. The van der Waals surface area contributed by atoms with E-state index in [4.69, 9.17) is 0 Å². The van der Waals surface area contributed by atoms with Crippen molar-refractivity contribution in [3.63, 3.8) is 0 Å². The predicted octanol–water partition coefficient (Wildman–Crippen LogP) is 7.16. The molecule has 0 radical (unpaired) electrons. The molecule has 0 saturated heterocycles. The minimum Gasteiger partial charge on any atom is -0.339 e. The number of hydrogen-bond donors (Lipinski definition) is 0. The van der Waals surface area contributed by atoms with E-state index in [-0.39, 0.29) is 6.04 Å². The van der Waals surface area contributed by atoms with Gasteiger partial charge in [-0.15, -0.1) is 0 Å². The number of fused-ring (bicyclic) bond motifs is 4. The number of rotatable bonds is 3. The van der Waals surface area contributed by atoms with E-state index in [1.807, 2.05) is 12.3 Å². The van der Waals surface area contributed by atoms with Crippen LogP contribution in [0.3, 0.4) is 0 Å². The van der Waals surface area contributed by atoms with E-state index in [9.17, 15) is 0 Å². The third kappa shape index (κ3) is 2.92. The molecule has 0 amide bonds. The highest BCUT2D eigenvalue weighted by atomic mass is 15.2. The fourth-order valence-electron chi connectivity index (χ4n) is 5.21. The van der Waals surface area contributed by atoms with Crippen LogP contribution in [0.15, 0.2) is 120 Å². The van der Waals surface area contributed by atoms with E-state index in [1.54, 1.807) is 0 Å². The quantitative estimate of drug-likeness (QED) is 0.281. The highest BCUT2D eigenvalue weighted by Gasteiger charge is 2.20. The second kappa shape index (κ2) is 7.56. The third-order valence-corrected chi connectivity index (χ3v) is 6.81. The van der Waals surface area contributed by atoms with Crippen molar-refractivity contribution in [2.24, 2.45) is 10.2 Å². The summed E-state index contributed by atoms with van der Waals surface area (Å²) in [7, 11) is 0. The molecule has 0 fully saturated rings. The summed E-state index contributed by atoms with van der Waals surface area (Å²) < 4.78 is 4.70. The maximum atomic E-state index is 4.44. The van der Waals surface area contributed by atoms with Crippen LogP contribution in [0.2, 0.25) is 0 Å². The van der Waals surface area contributed by atoms with Crippen LogP contribution in [0.25, 0.3) is 38.4 Å². The van der Waals surface area contributed by atoms with Gasteiger partial charge >= 0.3 is 0 Å². The molecule has 4 heteroatoms. The normalized spacial score (nSPS) is 15.9. The van der Waals surface area contributed by atoms with Crippen molar-refractivity contribution in [2.75, 3.05) is 0 Å². The summed E-state index contributed by atoms with van der Waals surface area (Å²) >= 11 is 0. The smallest absolute Gasteiger partial charge is 0.0762 e. The molecule has 0 saturated carbocycles. The standard InChI is InChI=1S/C30H22N4/c1-3-9-21(10-4-1)27-18-24(20-31-32-27)33-16-15-22-17-30-26(19-29(22)33)25-13-7-8-14-28(25)34(30)23-11-5-2-6-12-23/h1-17,19-20,24H,18H2. The summed E-state index contributed by atoms with van der Waals surface area (Å²) in [5, 5.41) is 12.6. The van der Waals surface area contributed by atoms with Crippen LogP contribution in [-0.2, 0) is 0 Å². The average molecular weight is 439 g/mol. The van der Waals surface area contributed by atoms with E-state index in [0.717, 1.165) is 17.7 Å². The lowest BCUT2D eigenvalue weighted by atomic mass is 10.0. The van der Waals surface area contributed by atoms with Crippen LogP contribution in [0.4, 0.5) is 0 Å². The lowest BCUT2D eigenvalue weighted by Crippen LogP contribution is -2.18. The minimum absolute atomic E-state index is 0.130. The lowest BCUT2D eigenvalue weighted by molar-refractivity contribution is 0.685. The Morgan fingerprint density at radius 2 is 1.44 bits per heavy atom. The van der Waals surface area contributed by atoms with Gasteiger partial charge in [0.05, 0.1) is 29.0 Å². The maximum absolute atomic E-state index is 4.44. The summed E-state index contributed by atoms with van der Waals surface area (Å²) in [6.07, 6.45) is 4.97. The van der Waals surface area contributed by atoms with Crippen molar-refractivity contribution in [2.45, 2.75) is 12.5 Å². The number of hydrogen-bond acceptors (Lipinski definition) is 2. The fraction of sp³-hybridized carbons (Fsp3) is 0.0667. The van der Waals surface area contributed by atoms with Gasteiger partial charge in [-0.25, -0.2) is 0 Å². The third-order valence-electron chi connectivity index (χ3n) is 6.81. The van der Waals surface area contributed by atoms with Crippen LogP contribution >= 0.6 is 0 Å². The Morgan fingerprint density at radius 1 is 0.676 bits per heavy atom. The Kier molecular flexibility index (Phi) is 4.24. The summed E-state index contributed by atoms with van der Waals surface area (Å²) in [5.41, 5.74) is 7.00. The first-order chi connectivity index (χ1) is 16.9. The van der Waals surface area contributed by atoms with Gasteiger partial charge in [0.25, 0.3) is 0 Å². The van der Waals surface area contributed by atoms with E-state index in [1.165, 1.54) is 38.4 Å². The Labute approximate surface area is 197 Å². The molecule has 1 aliphatic rings. The Morgan fingerprint density at radius 3 is 2.29 bits per heavy atom. The van der Waals surface area contributed by atoms with Gasteiger partial charge in [-0.1, -0.05) is 66.7 Å². The Hall–Kier alpha value is -4.44. The molecule has 0 N–H and O–H groups in total. The zero-order valence-electron chi connectivity index (χ0n) is 18.5. The Balaban J connectivity index is 1.40. The van der Waals surface area contributed by atoms with Gasteiger partial charge in [0, 0.05) is 40.0 Å². The summed E-state index contributed by atoms with van der Waals surface area (Å²) in [5.74, 6) is 0. The van der Waals surface area contributed by atoms with Crippen LogP contribution in [0, 0.1) is 0 Å². The summed E-state index contributed by atoms with van der Waals surface area (Å²) in [6, 6.07) is 36.6. The molecule has 1 atom stereocenters. The van der Waals surface area contributed by atoms with Crippen molar-refractivity contribution in [1.29, 1.82) is 0 Å². The first-order valence-electron chi connectivity index (χ1n) is 11.6. The van der Waals surface area contributed by atoms with Gasteiger partial charge in [0.2, 0.25) is 0 Å². The van der Waals surface area contributed by atoms with Crippen LogP contribution < -0.4 is 0 Å². The van der Waals surface area contributed by atoms with Crippen LogP contribution in [0.5, 0.6) is 0 Å². The summed E-state index contributed by atoms with van der Waals surface area (Å²) in [4.78, 5) is 0. The maximum Gasteiger partial charge on any atom is 0.0762 e. The Bertz CT molecular complexity index is 1720. The predicted molar refractivity (Wildman–Crippen MR) is 141 cm³/mol. The molecular weight excluding hydrogens is 416 g/mol. The lowest BCUT2D eigenvalue weighted by Gasteiger charge is -2.19. The number of para-hydroxylation sites is 2. The molecule has 0 spiro atoms. The van der Waals surface area contributed by atoms with E-state index in [0.29, 0.717) is 0 Å². The molecular formula is C30H22N4. The molecule has 4 nitrogen and oxygen atoms in total. The van der Waals surface area contributed by atoms with Crippen molar-refractivity contribution in [3.8, 4) is 5.69 Å². The topological polar surface area (TPSA) is 34.6 Å². The molecule has 4 aromatic carbocycles. The number of aromatic nitrogens is 2. The largest absolute Gasteiger partial charge is 0.339 e. The molecule has 34 heavy (non-hydrogen) atoms. The second-order valence-electron chi connectivity index (χ2n) is 8.79. The highest BCUT2D eigenvalue weighted by Crippen LogP contribution is 2.36. The van der Waals surface area contributed by atoms with Crippen molar-refractivity contribution >= 4 is 44.6 Å². The van der Waals surface area contributed by atoms with E-state index in [2.05, 4.69) is 123 Å². The number of nitrogens with zero attached hydrogens (tertiary/aromatic N) is 4.